The number of ether oxygens (including phenoxy) is 2. The Bertz CT molecular complexity index is 1270. The van der Waals surface area contributed by atoms with Crippen molar-refractivity contribution in [2.24, 2.45) is 0 Å². The van der Waals surface area contributed by atoms with Crippen LogP contribution in [-0.2, 0) is 32.7 Å². The van der Waals surface area contributed by atoms with Crippen molar-refractivity contribution in [1.29, 1.82) is 0 Å². The van der Waals surface area contributed by atoms with Gasteiger partial charge in [-0.25, -0.2) is 4.57 Å². The Balaban J connectivity index is 2.50. The van der Waals surface area contributed by atoms with Crippen molar-refractivity contribution in [3.8, 4) is 0 Å². The first-order valence-electron chi connectivity index (χ1n) is 22.1. The van der Waals surface area contributed by atoms with Crippen molar-refractivity contribution in [1.82, 2.24) is 0 Å². The minimum absolute atomic E-state index is 0.0835. The van der Waals surface area contributed by atoms with E-state index in [1.165, 1.54) is 32.1 Å². The van der Waals surface area contributed by atoms with Crippen molar-refractivity contribution in [3.05, 3.63) is 60.8 Å². The monoisotopic (exact) mass is 857 g/mol. The van der Waals surface area contributed by atoms with Crippen LogP contribution in [-0.4, -0.2) is 98.3 Å². The molecule has 1 saturated carbocycles. The Morgan fingerprint density at radius 1 is 0.542 bits per heavy atom. The Hall–Kier alpha value is -2.45. The van der Waals surface area contributed by atoms with Gasteiger partial charge >= 0.3 is 19.8 Å². The molecule has 0 aliphatic heterocycles. The molecule has 59 heavy (non-hydrogen) atoms. The topological polar surface area (TPSA) is 210 Å². The fourth-order valence-electron chi connectivity index (χ4n) is 6.35. The van der Waals surface area contributed by atoms with Crippen LogP contribution in [0.2, 0.25) is 0 Å². The van der Waals surface area contributed by atoms with Gasteiger partial charge < -0.3 is 39.9 Å². The van der Waals surface area contributed by atoms with Gasteiger partial charge in [-0.05, 0) is 57.8 Å². The van der Waals surface area contributed by atoms with E-state index in [0.717, 1.165) is 83.5 Å². The second-order valence-corrected chi connectivity index (χ2v) is 16.7. The lowest BCUT2D eigenvalue weighted by Crippen LogP contribution is -2.64. The molecule has 1 aliphatic carbocycles. The van der Waals surface area contributed by atoms with Gasteiger partial charge in [0, 0.05) is 12.8 Å². The van der Waals surface area contributed by atoms with Gasteiger partial charge in [0.15, 0.2) is 6.10 Å². The molecule has 340 valence electrons. The highest BCUT2D eigenvalue weighted by Crippen LogP contribution is 2.47. The predicted molar refractivity (Wildman–Crippen MR) is 230 cm³/mol. The molecule has 0 heterocycles. The number of carbonyl (C=O) groups is 2. The molecule has 13 nitrogen and oxygen atoms in total. The van der Waals surface area contributed by atoms with E-state index in [-0.39, 0.29) is 12.8 Å². The number of rotatable bonds is 35. The molecule has 0 aromatic heterocycles. The standard InChI is InChI=1S/C45H77O13P/c1-3-5-7-9-11-13-15-17-19-21-23-25-27-29-31-33-38(46)55-35-37(36-56-59(53,54)58-45-43(51)41(49)40(48)42(50)44(45)52)57-39(47)34-32-30-28-26-24-22-20-18-16-14-12-10-8-6-4-2/h5,7,9,11,13-17,19,37,40-45,48-52H,3-4,6,8,10,12,18,20-36H2,1-2H3,(H,53,54)/b7-5+,11-9+,15-13+,16-14+,19-17+/t37-,40?,41-,42?,43?,44?,45?/m1/s1. The lowest BCUT2D eigenvalue weighted by atomic mass is 9.85. The van der Waals surface area contributed by atoms with E-state index in [0.29, 0.717) is 12.8 Å². The van der Waals surface area contributed by atoms with Crippen LogP contribution in [0.3, 0.4) is 0 Å². The van der Waals surface area contributed by atoms with Gasteiger partial charge in [-0.1, -0.05) is 145 Å². The second kappa shape index (κ2) is 35.2. The summed E-state index contributed by atoms with van der Waals surface area (Å²) in [6.45, 7) is 3.11. The number of unbranched alkanes of at least 4 members (excludes halogenated alkanes) is 16. The first kappa shape index (κ1) is 54.6. The zero-order chi connectivity index (χ0) is 43.6. The minimum atomic E-state index is -5.12. The molecule has 0 saturated heterocycles. The molecule has 0 amide bonds. The van der Waals surface area contributed by atoms with Gasteiger partial charge in [0.2, 0.25) is 0 Å². The van der Waals surface area contributed by atoms with Crippen LogP contribution in [0, 0.1) is 0 Å². The highest BCUT2D eigenvalue weighted by molar-refractivity contribution is 7.47. The van der Waals surface area contributed by atoms with Gasteiger partial charge in [-0.3, -0.25) is 18.6 Å². The van der Waals surface area contributed by atoms with Crippen molar-refractivity contribution >= 4 is 19.8 Å². The van der Waals surface area contributed by atoms with E-state index in [9.17, 15) is 44.6 Å². The van der Waals surface area contributed by atoms with Crippen molar-refractivity contribution in [2.75, 3.05) is 13.2 Å². The number of carbonyl (C=O) groups excluding carboxylic acids is 2. The van der Waals surface area contributed by atoms with Gasteiger partial charge in [0.05, 0.1) is 6.61 Å². The van der Waals surface area contributed by atoms with E-state index in [2.05, 4.69) is 38.2 Å². The summed E-state index contributed by atoms with van der Waals surface area (Å²) in [6, 6.07) is 0. The van der Waals surface area contributed by atoms with Gasteiger partial charge in [0.1, 0.15) is 43.2 Å². The number of aliphatic hydroxyl groups is 5. The Labute approximate surface area is 353 Å². The Morgan fingerprint density at radius 3 is 1.53 bits per heavy atom. The average molecular weight is 857 g/mol. The van der Waals surface area contributed by atoms with Crippen LogP contribution in [0.4, 0.5) is 0 Å². The molecule has 8 atom stereocenters. The van der Waals surface area contributed by atoms with E-state index in [4.69, 9.17) is 18.5 Å². The third kappa shape index (κ3) is 27.9. The molecular weight excluding hydrogens is 779 g/mol. The van der Waals surface area contributed by atoms with Crippen molar-refractivity contribution < 1.29 is 63.1 Å². The molecule has 1 aliphatic rings. The third-order valence-electron chi connectivity index (χ3n) is 9.94. The number of aliphatic hydroxyl groups excluding tert-OH is 5. The molecule has 0 bridgehead atoms. The lowest BCUT2D eigenvalue weighted by Gasteiger charge is -2.41. The van der Waals surface area contributed by atoms with Crippen LogP contribution < -0.4 is 0 Å². The fraction of sp³-hybridized carbons (Fsp3) is 0.733. The highest BCUT2D eigenvalue weighted by Gasteiger charge is 2.51. The predicted octanol–water partition coefficient (Wildman–Crippen LogP) is 8.16. The second-order valence-electron chi connectivity index (χ2n) is 15.3. The summed E-state index contributed by atoms with van der Waals surface area (Å²) in [5.74, 6) is -1.14. The smallest absolute Gasteiger partial charge is 0.462 e. The summed E-state index contributed by atoms with van der Waals surface area (Å²) in [5, 5.41) is 50.1. The van der Waals surface area contributed by atoms with Crippen molar-refractivity contribution in [2.45, 2.75) is 198 Å². The molecule has 0 aromatic rings. The number of phosphoric acid groups is 1. The van der Waals surface area contributed by atoms with Crippen LogP contribution in [0.5, 0.6) is 0 Å². The molecule has 14 heteroatoms. The number of hydrogen-bond donors (Lipinski definition) is 6. The maximum Gasteiger partial charge on any atom is 0.472 e. The summed E-state index contributed by atoms with van der Waals surface area (Å²) in [6.07, 6.45) is 28.4. The number of esters is 2. The van der Waals surface area contributed by atoms with Crippen LogP contribution in [0.15, 0.2) is 60.8 Å². The van der Waals surface area contributed by atoms with Gasteiger partial charge in [0.25, 0.3) is 0 Å². The molecule has 1 fully saturated rings. The summed E-state index contributed by atoms with van der Waals surface area (Å²) in [5.41, 5.74) is 0. The molecule has 0 radical (unpaired) electrons. The summed E-state index contributed by atoms with van der Waals surface area (Å²) >= 11 is 0. The lowest BCUT2D eigenvalue weighted by molar-refractivity contribution is -0.220. The maximum atomic E-state index is 12.8. The van der Waals surface area contributed by atoms with Crippen molar-refractivity contribution in [3.63, 3.8) is 0 Å². The summed E-state index contributed by atoms with van der Waals surface area (Å²) in [7, 11) is -5.12. The summed E-state index contributed by atoms with van der Waals surface area (Å²) < 4.78 is 33.5. The maximum absolute atomic E-state index is 12.8. The normalized spacial score (nSPS) is 22.9. The third-order valence-corrected chi connectivity index (χ3v) is 10.9. The highest BCUT2D eigenvalue weighted by atomic mass is 31.2. The van der Waals surface area contributed by atoms with Crippen LogP contribution >= 0.6 is 7.82 Å². The molecular formula is C45H77O13P. The number of phosphoric ester groups is 1. The van der Waals surface area contributed by atoms with E-state index < -0.39 is 75.7 Å². The van der Waals surface area contributed by atoms with Crippen LogP contribution in [0.1, 0.15) is 155 Å². The molecule has 0 spiro atoms. The first-order chi connectivity index (χ1) is 28.4. The van der Waals surface area contributed by atoms with Gasteiger partial charge in [-0.15, -0.1) is 0 Å². The average Bonchev–Trinajstić information content (AvgIpc) is 3.21. The molecule has 1 rings (SSSR count). The number of allylic oxidation sites excluding steroid dienone is 10. The fourth-order valence-corrected chi connectivity index (χ4v) is 7.32. The Morgan fingerprint density at radius 2 is 0.983 bits per heavy atom. The first-order valence-corrected chi connectivity index (χ1v) is 23.6. The summed E-state index contributed by atoms with van der Waals surface area (Å²) in [4.78, 5) is 35.6. The van der Waals surface area contributed by atoms with E-state index >= 15 is 0 Å². The van der Waals surface area contributed by atoms with Crippen LogP contribution in [0.25, 0.3) is 0 Å². The SMILES string of the molecule is CC/C=C/C=C/C=C/C=C/CCCCCCCC(=O)OC[C@H](COP(=O)(O)OC1C(O)C(O)C(O)[C@@H](O)C1O)OC(=O)CCCCCCCCC/C=C/CCCCCC. The molecule has 6 unspecified atom stereocenters. The van der Waals surface area contributed by atoms with E-state index in [1.807, 2.05) is 36.5 Å². The van der Waals surface area contributed by atoms with Gasteiger partial charge in [-0.2, -0.15) is 0 Å². The molecule has 6 N–H and O–H groups in total. The molecule has 0 aromatic carbocycles. The quantitative estimate of drug-likeness (QED) is 0.0117. The number of hydrogen-bond acceptors (Lipinski definition) is 12. The zero-order valence-electron chi connectivity index (χ0n) is 35.8. The zero-order valence-corrected chi connectivity index (χ0v) is 36.7. The Kier molecular flexibility index (Phi) is 32.5. The minimum Gasteiger partial charge on any atom is -0.462 e. The largest absolute Gasteiger partial charge is 0.472 e. The van der Waals surface area contributed by atoms with E-state index in [1.54, 1.807) is 0 Å².